The minimum absolute atomic E-state index is 0. The second-order valence-corrected chi connectivity index (χ2v) is 14.2. The fourth-order valence-electron chi connectivity index (χ4n) is 4.63. The molecule has 2 nitrogen and oxygen atoms in total. The molecule has 0 atom stereocenters. The summed E-state index contributed by atoms with van der Waals surface area (Å²) in [5.74, 6) is 0.330. The van der Waals surface area contributed by atoms with E-state index in [4.69, 9.17) is 4.99 Å². The Morgan fingerprint density at radius 3 is 1.68 bits per heavy atom. The predicted molar refractivity (Wildman–Crippen MR) is 164 cm³/mol. The SMILES string of the molecule is CC(=Nc1ccccc1[PH+](c1ccccc1)c1ccccc1)c1cc(C(C)(C)C)cc(C(C)(C)C)c1O.[Ti]. The van der Waals surface area contributed by atoms with E-state index in [-0.39, 0.29) is 32.5 Å². The second kappa shape index (κ2) is 12.1. The zero-order valence-corrected chi connectivity index (χ0v) is 26.2. The second-order valence-electron chi connectivity index (χ2n) is 11.7. The van der Waals surface area contributed by atoms with Gasteiger partial charge in [-0.1, -0.05) is 96.1 Å². The van der Waals surface area contributed by atoms with Gasteiger partial charge in [-0.3, -0.25) is 0 Å². The minimum Gasteiger partial charge on any atom is -0.507 e. The van der Waals surface area contributed by atoms with Gasteiger partial charge in [0.05, 0.1) is 0 Å². The first kappa shape index (κ1) is 30.0. The largest absolute Gasteiger partial charge is 0.507 e. The summed E-state index contributed by atoms with van der Waals surface area (Å²) in [4.78, 5) is 5.19. The van der Waals surface area contributed by atoms with Crippen LogP contribution in [0.1, 0.15) is 65.2 Å². The van der Waals surface area contributed by atoms with Crippen molar-refractivity contribution < 1.29 is 26.8 Å². The average Bonchev–Trinajstić information content (AvgIpc) is 2.85. The van der Waals surface area contributed by atoms with Crippen molar-refractivity contribution in [3.63, 3.8) is 0 Å². The monoisotopic (exact) mass is 556 g/mol. The summed E-state index contributed by atoms with van der Waals surface area (Å²) in [7, 11) is -1.28. The van der Waals surface area contributed by atoms with E-state index >= 15 is 0 Å². The van der Waals surface area contributed by atoms with Crippen LogP contribution in [0.3, 0.4) is 0 Å². The predicted octanol–water partition coefficient (Wildman–Crippen LogP) is 7.62. The summed E-state index contributed by atoms with van der Waals surface area (Å²) >= 11 is 0. The van der Waals surface area contributed by atoms with Crippen molar-refractivity contribution in [1.29, 1.82) is 0 Å². The molecular formula is C34H39NOPTi+. The van der Waals surface area contributed by atoms with Gasteiger partial charge >= 0.3 is 0 Å². The molecule has 194 valence electrons. The molecule has 4 aromatic rings. The number of rotatable bonds is 5. The maximum atomic E-state index is 11.4. The van der Waals surface area contributed by atoms with Gasteiger partial charge < -0.3 is 5.11 Å². The molecule has 4 heteroatoms. The minimum atomic E-state index is -1.28. The molecule has 0 fully saturated rings. The summed E-state index contributed by atoms with van der Waals surface area (Å²) in [6.45, 7) is 15.1. The molecule has 0 aromatic heterocycles. The van der Waals surface area contributed by atoms with Gasteiger partial charge in [0.2, 0.25) is 0 Å². The molecule has 1 N–H and O–H groups in total. The zero-order chi connectivity index (χ0) is 26.8. The van der Waals surface area contributed by atoms with E-state index in [0.717, 1.165) is 22.5 Å². The van der Waals surface area contributed by atoms with Crippen LogP contribution in [-0.4, -0.2) is 10.8 Å². The third-order valence-corrected chi connectivity index (χ3v) is 9.54. The van der Waals surface area contributed by atoms with Crippen LogP contribution in [0.15, 0.2) is 102 Å². The number of aromatic hydroxyl groups is 1. The molecule has 0 heterocycles. The number of aliphatic imine (C=N–C) groups is 1. The van der Waals surface area contributed by atoms with E-state index in [1.807, 2.05) is 6.92 Å². The maximum Gasteiger partial charge on any atom is 0.128 e. The molecule has 0 amide bonds. The number of para-hydroxylation sites is 1. The molecule has 0 aliphatic carbocycles. The van der Waals surface area contributed by atoms with Gasteiger partial charge in [0.1, 0.15) is 35.3 Å². The first-order chi connectivity index (χ1) is 17.5. The van der Waals surface area contributed by atoms with Crippen molar-refractivity contribution in [3.8, 4) is 5.75 Å². The molecule has 0 radical (unpaired) electrons. The van der Waals surface area contributed by atoms with Gasteiger partial charge in [0.15, 0.2) is 0 Å². The van der Waals surface area contributed by atoms with E-state index in [1.165, 1.54) is 21.5 Å². The van der Waals surface area contributed by atoms with Crippen molar-refractivity contribution in [2.45, 2.75) is 59.3 Å². The van der Waals surface area contributed by atoms with Gasteiger partial charge in [-0.05, 0) is 65.8 Å². The van der Waals surface area contributed by atoms with Gasteiger partial charge in [-0.15, -0.1) is 0 Å². The Morgan fingerprint density at radius 2 is 1.18 bits per heavy atom. The Labute approximate surface area is 244 Å². The van der Waals surface area contributed by atoms with Crippen LogP contribution in [0.5, 0.6) is 5.75 Å². The Balaban J connectivity index is 0.00000400. The number of nitrogens with zero attached hydrogens (tertiary/aromatic N) is 1. The van der Waals surface area contributed by atoms with Gasteiger partial charge in [-0.2, -0.15) is 0 Å². The first-order valence-electron chi connectivity index (χ1n) is 13.0. The van der Waals surface area contributed by atoms with Crippen LogP contribution in [-0.2, 0) is 32.5 Å². The summed E-state index contributed by atoms with van der Waals surface area (Å²) in [6, 6.07) is 34.3. The molecule has 38 heavy (non-hydrogen) atoms. The summed E-state index contributed by atoms with van der Waals surface area (Å²) in [6.07, 6.45) is 0. The third-order valence-electron chi connectivity index (χ3n) is 6.76. The standard InChI is InChI=1S/C34H38NOP.Ti/c1-24(28-22-25(33(2,3)4)23-29(32(28)36)34(5,6)7)35-30-20-14-15-21-31(30)37(26-16-10-8-11-17-26)27-18-12-9-13-19-27;/h8-23,36H,1-7H3;/p+1. The van der Waals surface area contributed by atoms with Gasteiger partial charge in [0, 0.05) is 38.6 Å². The number of phenols is 1. The molecule has 0 aliphatic rings. The van der Waals surface area contributed by atoms with Crippen LogP contribution in [0, 0.1) is 0 Å². The fourth-order valence-corrected chi connectivity index (χ4v) is 7.29. The molecule has 0 spiro atoms. The van der Waals surface area contributed by atoms with E-state index < -0.39 is 7.92 Å². The van der Waals surface area contributed by atoms with E-state index in [1.54, 1.807) is 0 Å². The third kappa shape index (κ3) is 6.73. The first-order valence-corrected chi connectivity index (χ1v) is 14.5. The van der Waals surface area contributed by atoms with Gasteiger partial charge in [0.25, 0.3) is 0 Å². The van der Waals surface area contributed by atoms with E-state index in [2.05, 4.69) is 139 Å². The van der Waals surface area contributed by atoms with Crippen LogP contribution in [0.4, 0.5) is 5.69 Å². The number of benzene rings is 4. The van der Waals surface area contributed by atoms with Crippen LogP contribution in [0.2, 0.25) is 0 Å². The molecule has 0 aliphatic heterocycles. The van der Waals surface area contributed by atoms with Crippen molar-refractivity contribution in [3.05, 3.63) is 114 Å². The summed E-state index contributed by atoms with van der Waals surface area (Å²) < 4.78 is 0. The number of hydrogen-bond donors (Lipinski definition) is 1. The number of phenolic OH excluding ortho intramolecular Hbond substituents is 1. The molecule has 0 saturated heterocycles. The van der Waals surface area contributed by atoms with Crippen LogP contribution < -0.4 is 15.9 Å². The smallest absolute Gasteiger partial charge is 0.128 e. The Kier molecular flexibility index (Phi) is 9.59. The summed E-state index contributed by atoms with van der Waals surface area (Å²) in [5.41, 5.74) is 4.51. The molecule has 0 saturated carbocycles. The molecule has 0 bridgehead atoms. The van der Waals surface area contributed by atoms with Crippen molar-refractivity contribution in [2.75, 3.05) is 0 Å². The molecule has 4 aromatic carbocycles. The van der Waals surface area contributed by atoms with Crippen LogP contribution >= 0.6 is 7.92 Å². The number of hydrogen-bond acceptors (Lipinski definition) is 2. The topological polar surface area (TPSA) is 32.6 Å². The average molecular weight is 557 g/mol. The normalized spacial score (nSPS) is 12.4. The Morgan fingerprint density at radius 1 is 0.684 bits per heavy atom. The van der Waals surface area contributed by atoms with Crippen molar-refractivity contribution in [1.82, 2.24) is 0 Å². The van der Waals surface area contributed by atoms with Crippen LogP contribution in [0.25, 0.3) is 0 Å². The van der Waals surface area contributed by atoms with Crippen molar-refractivity contribution in [2.24, 2.45) is 4.99 Å². The van der Waals surface area contributed by atoms with E-state index in [0.29, 0.717) is 5.75 Å². The maximum absolute atomic E-state index is 11.4. The summed E-state index contributed by atoms with van der Waals surface area (Å²) in [5, 5.41) is 15.3. The zero-order valence-electron chi connectivity index (χ0n) is 23.6. The molecule has 4 rings (SSSR count). The Hall–Kier alpha value is -2.51. The fraction of sp³-hybridized carbons (Fsp3) is 0.265. The van der Waals surface area contributed by atoms with E-state index in [9.17, 15) is 5.11 Å². The van der Waals surface area contributed by atoms with Gasteiger partial charge in [-0.25, -0.2) is 4.99 Å². The molecular weight excluding hydrogens is 517 g/mol. The van der Waals surface area contributed by atoms with Crippen molar-refractivity contribution >= 4 is 35.2 Å². The Bertz CT molecular complexity index is 1360. The quantitative estimate of drug-likeness (QED) is 0.153. The molecule has 0 unspecified atom stereocenters.